The average Bonchev–Trinajstić information content (AvgIpc) is 3.43. The molecule has 2 aromatic rings. The maximum atomic E-state index is 13.0. The molecule has 8 nitrogen and oxygen atoms in total. The molecule has 148 valence electrons. The van der Waals surface area contributed by atoms with Crippen LogP contribution in [0, 0.1) is 0 Å². The molecule has 0 saturated carbocycles. The molecule has 2 aliphatic rings. The Morgan fingerprint density at radius 1 is 1.14 bits per heavy atom. The number of hydrogen-bond acceptors (Lipinski definition) is 5. The summed E-state index contributed by atoms with van der Waals surface area (Å²) in [5.74, 6) is -0.0364. The minimum Gasteiger partial charge on any atom is -0.378 e. The lowest BCUT2D eigenvalue weighted by atomic mass is 10.1. The van der Waals surface area contributed by atoms with Crippen LogP contribution in [0.1, 0.15) is 52.3 Å². The van der Waals surface area contributed by atoms with Gasteiger partial charge in [0, 0.05) is 32.4 Å². The zero-order valence-corrected chi connectivity index (χ0v) is 16.1. The van der Waals surface area contributed by atoms with E-state index in [0.29, 0.717) is 50.7 Å². The zero-order valence-electron chi connectivity index (χ0n) is 16.1. The van der Waals surface area contributed by atoms with Gasteiger partial charge < -0.3 is 19.1 Å². The van der Waals surface area contributed by atoms with Crippen molar-refractivity contribution < 1.29 is 14.3 Å². The lowest BCUT2D eigenvalue weighted by molar-refractivity contribution is 0.0302. The van der Waals surface area contributed by atoms with Gasteiger partial charge in [0.25, 0.3) is 11.8 Å². The first-order chi connectivity index (χ1) is 13.7. The van der Waals surface area contributed by atoms with Crippen molar-refractivity contribution >= 4 is 11.8 Å². The summed E-state index contributed by atoms with van der Waals surface area (Å²) in [6.45, 7) is 5.76. The van der Waals surface area contributed by atoms with Gasteiger partial charge in [-0.05, 0) is 31.9 Å². The Morgan fingerprint density at radius 2 is 1.96 bits per heavy atom. The van der Waals surface area contributed by atoms with Gasteiger partial charge in [0.05, 0.1) is 43.0 Å². The highest BCUT2D eigenvalue weighted by molar-refractivity contribution is 5.94. The fraction of sp³-hybridized carbons (Fsp3) is 0.500. The van der Waals surface area contributed by atoms with Crippen LogP contribution >= 0.6 is 0 Å². The summed E-state index contributed by atoms with van der Waals surface area (Å²) in [5, 5.41) is 0. The number of morpholine rings is 1. The normalized spacial score (nSPS) is 19.8. The van der Waals surface area contributed by atoms with E-state index in [9.17, 15) is 9.59 Å². The summed E-state index contributed by atoms with van der Waals surface area (Å²) in [6, 6.07) is 3.62. The van der Waals surface area contributed by atoms with Crippen LogP contribution in [-0.4, -0.2) is 69.0 Å². The van der Waals surface area contributed by atoms with Gasteiger partial charge in [-0.15, -0.1) is 0 Å². The number of likely N-dealkylation sites (tertiary alicyclic amines) is 1. The highest BCUT2D eigenvalue weighted by atomic mass is 16.5. The number of aromatic nitrogens is 3. The molecule has 0 bridgehead atoms. The van der Waals surface area contributed by atoms with E-state index >= 15 is 0 Å². The highest BCUT2D eigenvalue weighted by Crippen LogP contribution is 2.32. The molecule has 0 N–H and O–H groups in total. The minimum absolute atomic E-state index is 0.0166. The van der Waals surface area contributed by atoms with Gasteiger partial charge in [-0.3, -0.25) is 14.6 Å². The predicted molar refractivity (Wildman–Crippen MR) is 102 cm³/mol. The average molecular weight is 383 g/mol. The summed E-state index contributed by atoms with van der Waals surface area (Å²) < 4.78 is 7.16. The Balaban J connectivity index is 1.50. The monoisotopic (exact) mass is 383 g/mol. The molecule has 8 heteroatoms. The smallest absolute Gasteiger partial charge is 0.272 e. The van der Waals surface area contributed by atoms with E-state index in [4.69, 9.17) is 4.74 Å². The largest absolute Gasteiger partial charge is 0.378 e. The predicted octanol–water partition coefficient (Wildman–Crippen LogP) is 1.75. The Kier molecular flexibility index (Phi) is 5.38. The van der Waals surface area contributed by atoms with E-state index < -0.39 is 0 Å². The van der Waals surface area contributed by atoms with E-state index in [2.05, 4.69) is 9.97 Å². The van der Waals surface area contributed by atoms with Gasteiger partial charge in [0.2, 0.25) is 0 Å². The van der Waals surface area contributed by atoms with Crippen LogP contribution < -0.4 is 0 Å². The van der Waals surface area contributed by atoms with Crippen LogP contribution in [0.5, 0.6) is 0 Å². The Morgan fingerprint density at radius 3 is 2.68 bits per heavy atom. The Hall–Kier alpha value is -2.74. The molecule has 2 fully saturated rings. The van der Waals surface area contributed by atoms with E-state index in [1.54, 1.807) is 23.6 Å². The summed E-state index contributed by atoms with van der Waals surface area (Å²) in [4.78, 5) is 37.9. The van der Waals surface area contributed by atoms with Gasteiger partial charge in [-0.2, -0.15) is 0 Å². The summed E-state index contributed by atoms with van der Waals surface area (Å²) >= 11 is 0. The number of carbonyl (C=O) groups excluding carboxylic acids is 2. The molecule has 0 radical (unpaired) electrons. The number of imidazole rings is 1. The minimum atomic E-state index is -0.0692. The van der Waals surface area contributed by atoms with Crippen LogP contribution in [0.15, 0.2) is 30.9 Å². The zero-order chi connectivity index (χ0) is 19.5. The van der Waals surface area contributed by atoms with Crippen LogP contribution in [0.4, 0.5) is 0 Å². The summed E-state index contributed by atoms with van der Waals surface area (Å²) in [7, 11) is 0. The van der Waals surface area contributed by atoms with Crippen molar-refractivity contribution in [2.45, 2.75) is 32.4 Å². The molecule has 2 aliphatic heterocycles. The van der Waals surface area contributed by atoms with Crippen molar-refractivity contribution in [3.63, 3.8) is 0 Å². The molecule has 28 heavy (non-hydrogen) atoms. The molecule has 2 saturated heterocycles. The molecule has 1 atom stereocenters. The second kappa shape index (κ2) is 8.10. The number of pyridine rings is 1. The number of hydrogen-bond donors (Lipinski definition) is 0. The lowest BCUT2D eigenvalue weighted by Gasteiger charge is -2.27. The number of ether oxygens (including phenoxy) is 1. The van der Waals surface area contributed by atoms with Gasteiger partial charge in [-0.25, -0.2) is 4.98 Å². The maximum Gasteiger partial charge on any atom is 0.272 e. The molecular weight excluding hydrogens is 358 g/mol. The SMILES string of the molecule is CCn1cncc1C(=O)N1CCCC1c1ccc(C(=O)N2CCOCC2)cn1. The molecule has 0 aromatic carbocycles. The standard InChI is InChI=1S/C20H25N5O3/c1-2-23-14-21-13-18(23)20(27)25-7-3-4-17(25)16-6-5-15(12-22-16)19(26)24-8-10-28-11-9-24/h5-6,12-14,17H,2-4,7-11H2,1H3. The lowest BCUT2D eigenvalue weighted by Crippen LogP contribution is -2.40. The first-order valence-electron chi connectivity index (χ1n) is 9.83. The van der Waals surface area contributed by atoms with E-state index in [0.717, 1.165) is 18.5 Å². The highest BCUT2D eigenvalue weighted by Gasteiger charge is 2.33. The van der Waals surface area contributed by atoms with Crippen molar-refractivity contribution in [1.82, 2.24) is 24.3 Å². The third-order valence-electron chi connectivity index (χ3n) is 5.46. The number of nitrogens with zero attached hydrogens (tertiary/aromatic N) is 5. The van der Waals surface area contributed by atoms with Crippen LogP contribution in [-0.2, 0) is 11.3 Å². The van der Waals surface area contributed by atoms with Crippen molar-refractivity contribution in [2.75, 3.05) is 32.8 Å². The van der Waals surface area contributed by atoms with Gasteiger partial charge in [0.1, 0.15) is 5.69 Å². The second-order valence-electron chi connectivity index (χ2n) is 7.10. The van der Waals surface area contributed by atoms with Crippen LogP contribution in [0.2, 0.25) is 0 Å². The maximum absolute atomic E-state index is 13.0. The number of aryl methyl sites for hydroxylation is 1. The van der Waals surface area contributed by atoms with E-state index in [1.807, 2.05) is 28.5 Å². The number of rotatable bonds is 4. The van der Waals surface area contributed by atoms with Crippen molar-refractivity contribution in [3.8, 4) is 0 Å². The summed E-state index contributed by atoms with van der Waals surface area (Å²) in [6.07, 6.45) is 6.74. The van der Waals surface area contributed by atoms with Crippen molar-refractivity contribution in [1.29, 1.82) is 0 Å². The fourth-order valence-electron chi connectivity index (χ4n) is 3.89. The quantitative estimate of drug-likeness (QED) is 0.804. The Bertz CT molecular complexity index is 842. The Labute approximate surface area is 164 Å². The van der Waals surface area contributed by atoms with Crippen molar-refractivity contribution in [2.24, 2.45) is 0 Å². The van der Waals surface area contributed by atoms with Crippen molar-refractivity contribution in [3.05, 3.63) is 47.8 Å². The van der Waals surface area contributed by atoms with Gasteiger partial charge in [0.15, 0.2) is 0 Å². The van der Waals surface area contributed by atoms with Gasteiger partial charge >= 0.3 is 0 Å². The first kappa shape index (κ1) is 18.6. The molecule has 2 aromatic heterocycles. The first-order valence-corrected chi connectivity index (χ1v) is 9.83. The molecule has 4 rings (SSSR count). The third-order valence-corrected chi connectivity index (χ3v) is 5.46. The van der Waals surface area contributed by atoms with E-state index in [1.165, 1.54) is 0 Å². The van der Waals surface area contributed by atoms with E-state index in [-0.39, 0.29) is 17.9 Å². The topological polar surface area (TPSA) is 80.6 Å². The third kappa shape index (κ3) is 3.52. The van der Waals surface area contributed by atoms with Crippen LogP contribution in [0.25, 0.3) is 0 Å². The molecule has 0 aliphatic carbocycles. The number of amides is 2. The fourth-order valence-corrected chi connectivity index (χ4v) is 3.89. The molecule has 4 heterocycles. The molecular formula is C20H25N5O3. The second-order valence-corrected chi connectivity index (χ2v) is 7.10. The summed E-state index contributed by atoms with van der Waals surface area (Å²) in [5.41, 5.74) is 2.01. The molecule has 2 amide bonds. The van der Waals surface area contributed by atoms with Crippen LogP contribution in [0.3, 0.4) is 0 Å². The number of carbonyl (C=O) groups is 2. The molecule has 1 unspecified atom stereocenters. The van der Waals surface area contributed by atoms with Gasteiger partial charge in [-0.1, -0.05) is 0 Å². The molecule has 0 spiro atoms.